The van der Waals surface area contributed by atoms with Crippen LogP contribution in [0.5, 0.6) is 0 Å². The molecule has 1 rings (SSSR count). The van der Waals surface area contributed by atoms with Crippen LogP contribution in [0.4, 0.5) is 0 Å². The SMILES string of the molecule is CC(C)CCCN(CCCO)C1CCC1. The van der Waals surface area contributed by atoms with Crippen LogP contribution in [-0.4, -0.2) is 35.7 Å². The fraction of sp³-hybridized carbons (Fsp3) is 1.00. The third kappa shape index (κ3) is 4.98. The lowest BCUT2D eigenvalue weighted by molar-refractivity contribution is 0.113. The van der Waals surface area contributed by atoms with E-state index in [1.807, 2.05) is 0 Å². The van der Waals surface area contributed by atoms with Crippen molar-refractivity contribution >= 4 is 0 Å². The molecule has 1 saturated carbocycles. The summed E-state index contributed by atoms with van der Waals surface area (Å²) in [6, 6.07) is 0.837. The van der Waals surface area contributed by atoms with E-state index in [0.717, 1.165) is 24.9 Å². The molecule has 0 spiro atoms. The largest absolute Gasteiger partial charge is 0.396 e. The highest BCUT2D eigenvalue weighted by atomic mass is 16.3. The molecular formula is C13H27NO. The lowest BCUT2D eigenvalue weighted by Crippen LogP contribution is -2.41. The molecule has 1 aliphatic carbocycles. The molecule has 0 bridgehead atoms. The molecule has 1 N–H and O–H groups in total. The molecular weight excluding hydrogens is 186 g/mol. The first kappa shape index (κ1) is 13.0. The molecule has 1 aliphatic rings. The van der Waals surface area contributed by atoms with Crippen LogP contribution in [-0.2, 0) is 0 Å². The first-order chi connectivity index (χ1) is 7.24. The summed E-state index contributed by atoms with van der Waals surface area (Å²) in [4.78, 5) is 2.60. The Labute approximate surface area is 94.7 Å². The average Bonchev–Trinajstić information content (AvgIpc) is 2.10. The Kier molecular flexibility index (Phi) is 6.26. The van der Waals surface area contributed by atoms with Gasteiger partial charge in [0.25, 0.3) is 0 Å². The monoisotopic (exact) mass is 213 g/mol. The lowest BCUT2D eigenvalue weighted by Gasteiger charge is -2.37. The van der Waals surface area contributed by atoms with Gasteiger partial charge in [0.2, 0.25) is 0 Å². The molecule has 0 heterocycles. The maximum absolute atomic E-state index is 8.87. The van der Waals surface area contributed by atoms with Gasteiger partial charge in [-0.3, -0.25) is 0 Å². The number of nitrogens with zero attached hydrogens (tertiary/aromatic N) is 1. The number of aliphatic hydroxyl groups excluding tert-OH is 1. The summed E-state index contributed by atoms with van der Waals surface area (Å²) in [5, 5.41) is 8.87. The summed E-state index contributed by atoms with van der Waals surface area (Å²) in [5.41, 5.74) is 0. The summed E-state index contributed by atoms with van der Waals surface area (Å²) in [6.45, 7) is 7.26. The second-order valence-electron chi connectivity index (χ2n) is 5.23. The molecule has 0 aromatic heterocycles. The minimum Gasteiger partial charge on any atom is -0.396 e. The van der Waals surface area contributed by atoms with Crippen molar-refractivity contribution in [1.29, 1.82) is 0 Å². The zero-order valence-electron chi connectivity index (χ0n) is 10.4. The van der Waals surface area contributed by atoms with Crippen LogP contribution >= 0.6 is 0 Å². The summed E-state index contributed by atoms with van der Waals surface area (Å²) in [6.07, 6.45) is 7.77. The van der Waals surface area contributed by atoms with Gasteiger partial charge in [-0.2, -0.15) is 0 Å². The third-order valence-corrected chi connectivity index (χ3v) is 3.42. The fourth-order valence-electron chi connectivity index (χ4n) is 2.21. The standard InChI is InChI=1S/C13H27NO/c1-12(2)6-4-9-14(10-5-11-15)13-7-3-8-13/h12-13,15H,3-11H2,1-2H3. The molecule has 0 amide bonds. The Morgan fingerprint density at radius 2 is 1.87 bits per heavy atom. The molecule has 15 heavy (non-hydrogen) atoms. The highest BCUT2D eigenvalue weighted by Gasteiger charge is 2.23. The van der Waals surface area contributed by atoms with E-state index < -0.39 is 0 Å². The fourth-order valence-corrected chi connectivity index (χ4v) is 2.21. The van der Waals surface area contributed by atoms with E-state index in [0.29, 0.717) is 6.61 Å². The lowest BCUT2D eigenvalue weighted by atomic mass is 9.91. The maximum Gasteiger partial charge on any atom is 0.0443 e. The summed E-state index contributed by atoms with van der Waals surface area (Å²) < 4.78 is 0. The quantitative estimate of drug-likeness (QED) is 0.670. The van der Waals surface area contributed by atoms with Crippen molar-refractivity contribution in [2.45, 2.75) is 58.4 Å². The molecule has 0 unspecified atom stereocenters. The first-order valence-electron chi connectivity index (χ1n) is 6.59. The number of rotatable bonds is 8. The molecule has 0 aliphatic heterocycles. The minimum atomic E-state index is 0.341. The number of hydrogen-bond acceptors (Lipinski definition) is 2. The second-order valence-corrected chi connectivity index (χ2v) is 5.23. The van der Waals surface area contributed by atoms with Gasteiger partial charge in [0.1, 0.15) is 0 Å². The van der Waals surface area contributed by atoms with E-state index >= 15 is 0 Å². The Bertz CT molecular complexity index is 155. The van der Waals surface area contributed by atoms with Gasteiger partial charge in [-0.1, -0.05) is 20.3 Å². The van der Waals surface area contributed by atoms with E-state index in [4.69, 9.17) is 5.11 Å². The Morgan fingerprint density at radius 1 is 1.20 bits per heavy atom. The zero-order chi connectivity index (χ0) is 11.1. The number of aliphatic hydroxyl groups is 1. The van der Waals surface area contributed by atoms with Crippen molar-refractivity contribution in [3.8, 4) is 0 Å². The van der Waals surface area contributed by atoms with Gasteiger partial charge in [-0.25, -0.2) is 0 Å². The van der Waals surface area contributed by atoms with Gasteiger partial charge >= 0.3 is 0 Å². The van der Waals surface area contributed by atoms with Gasteiger partial charge in [0.05, 0.1) is 0 Å². The Hall–Kier alpha value is -0.0800. The van der Waals surface area contributed by atoms with E-state index in [9.17, 15) is 0 Å². The summed E-state index contributed by atoms with van der Waals surface area (Å²) in [5.74, 6) is 0.825. The van der Waals surface area contributed by atoms with Crippen LogP contribution in [0.25, 0.3) is 0 Å². The van der Waals surface area contributed by atoms with Gasteiger partial charge in [-0.15, -0.1) is 0 Å². The van der Waals surface area contributed by atoms with E-state index in [-0.39, 0.29) is 0 Å². The molecule has 0 aromatic rings. The smallest absolute Gasteiger partial charge is 0.0443 e. The topological polar surface area (TPSA) is 23.5 Å². The maximum atomic E-state index is 8.87. The van der Waals surface area contributed by atoms with Crippen molar-refractivity contribution < 1.29 is 5.11 Å². The normalized spacial score (nSPS) is 17.4. The van der Waals surface area contributed by atoms with E-state index in [1.54, 1.807) is 0 Å². The van der Waals surface area contributed by atoms with Crippen LogP contribution in [0.3, 0.4) is 0 Å². The van der Waals surface area contributed by atoms with Gasteiger partial charge in [0, 0.05) is 19.2 Å². The van der Waals surface area contributed by atoms with Crippen molar-refractivity contribution in [1.82, 2.24) is 4.90 Å². The molecule has 2 nitrogen and oxygen atoms in total. The predicted molar refractivity (Wildman–Crippen MR) is 65.0 cm³/mol. The molecule has 0 aromatic carbocycles. The highest BCUT2D eigenvalue weighted by Crippen LogP contribution is 2.25. The second kappa shape index (κ2) is 7.24. The Morgan fingerprint density at radius 3 is 2.33 bits per heavy atom. The van der Waals surface area contributed by atoms with Crippen LogP contribution < -0.4 is 0 Å². The van der Waals surface area contributed by atoms with Crippen LogP contribution in [0.15, 0.2) is 0 Å². The van der Waals surface area contributed by atoms with E-state index in [1.165, 1.54) is 38.6 Å². The van der Waals surface area contributed by atoms with Crippen molar-refractivity contribution in [3.05, 3.63) is 0 Å². The van der Waals surface area contributed by atoms with Crippen molar-refractivity contribution in [3.63, 3.8) is 0 Å². The average molecular weight is 213 g/mol. The van der Waals surface area contributed by atoms with E-state index in [2.05, 4.69) is 18.7 Å². The third-order valence-electron chi connectivity index (χ3n) is 3.42. The van der Waals surface area contributed by atoms with Crippen LogP contribution in [0.1, 0.15) is 52.4 Å². The summed E-state index contributed by atoms with van der Waals surface area (Å²) >= 11 is 0. The van der Waals surface area contributed by atoms with Crippen LogP contribution in [0, 0.1) is 5.92 Å². The predicted octanol–water partition coefficient (Wildman–Crippen LogP) is 2.66. The van der Waals surface area contributed by atoms with Gasteiger partial charge in [-0.05, 0) is 44.6 Å². The van der Waals surface area contributed by atoms with Crippen molar-refractivity contribution in [2.24, 2.45) is 5.92 Å². The Balaban J connectivity index is 2.16. The molecule has 90 valence electrons. The van der Waals surface area contributed by atoms with Crippen LogP contribution in [0.2, 0.25) is 0 Å². The zero-order valence-corrected chi connectivity index (χ0v) is 10.4. The van der Waals surface area contributed by atoms with Crippen molar-refractivity contribution in [2.75, 3.05) is 19.7 Å². The molecule has 0 atom stereocenters. The summed E-state index contributed by atoms with van der Waals surface area (Å²) in [7, 11) is 0. The molecule has 0 saturated heterocycles. The molecule has 2 heteroatoms. The molecule has 1 fully saturated rings. The molecule has 0 radical (unpaired) electrons. The first-order valence-corrected chi connectivity index (χ1v) is 6.59. The van der Waals surface area contributed by atoms with Gasteiger partial charge in [0.15, 0.2) is 0 Å². The minimum absolute atomic E-state index is 0.341. The highest BCUT2D eigenvalue weighted by molar-refractivity contribution is 4.79. The van der Waals surface area contributed by atoms with Gasteiger partial charge < -0.3 is 10.0 Å². The number of hydrogen-bond donors (Lipinski definition) is 1.